The van der Waals surface area contributed by atoms with Gasteiger partial charge in [-0.1, -0.05) is 56.9 Å². The van der Waals surface area contributed by atoms with Crippen LogP contribution in [-0.4, -0.2) is 35.8 Å². The normalized spacial score (nSPS) is 15.7. The number of quaternary nitrogens is 1. The molecule has 0 spiro atoms. The average Bonchev–Trinajstić information content (AvgIpc) is 2.83. The Morgan fingerprint density at radius 3 is 2.48 bits per heavy atom. The first-order valence-electron chi connectivity index (χ1n) is 12.4. The van der Waals surface area contributed by atoms with Crippen LogP contribution in [0.1, 0.15) is 94.7 Å². The molecular formula is C25H46N3O2S+. The number of fused-ring (bicyclic) bond motifs is 1. The number of aliphatic hydroxyl groups is 1. The Kier molecular flexibility index (Phi) is 17.9. The molecule has 1 aliphatic carbocycles. The lowest BCUT2D eigenvalue weighted by Crippen LogP contribution is -2.80. The zero-order chi connectivity index (χ0) is 22.6. The van der Waals surface area contributed by atoms with Gasteiger partial charge in [0.05, 0.1) is 6.54 Å². The molecule has 0 bridgehead atoms. The van der Waals surface area contributed by atoms with E-state index >= 15 is 0 Å². The van der Waals surface area contributed by atoms with Gasteiger partial charge in [0, 0.05) is 37.0 Å². The van der Waals surface area contributed by atoms with Crippen molar-refractivity contribution in [3.05, 3.63) is 23.4 Å². The second kappa shape index (κ2) is 19.7. The van der Waals surface area contributed by atoms with E-state index in [1.165, 1.54) is 118 Å². The number of aromatic nitrogens is 1. The molecule has 0 saturated heterocycles. The van der Waals surface area contributed by atoms with Crippen LogP contribution in [0.15, 0.2) is 12.1 Å². The Bertz CT molecular complexity index is 563. The molecule has 2 aliphatic rings. The number of carbonyl (C=O) groups excluding carboxylic acids is 1. The molecular weight excluding hydrogens is 406 g/mol. The van der Waals surface area contributed by atoms with Gasteiger partial charge >= 0.3 is 0 Å². The minimum atomic E-state index is 0.732. The van der Waals surface area contributed by atoms with Gasteiger partial charge in [0.15, 0.2) is 0 Å². The first-order chi connectivity index (χ1) is 15.3. The van der Waals surface area contributed by atoms with E-state index in [-0.39, 0.29) is 0 Å². The van der Waals surface area contributed by atoms with Crippen LogP contribution in [0.5, 0.6) is 0 Å². The van der Waals surface area contributed by atoms with E-state index < -0.39 is 0 Å². The van der Waals surface area contributed by atoms with Gasteiger partial charge in [0.1, 0.15) is 6.29 Å². The Hall–Kier alpha value is -0.950. The van der Waals surface area contributed by atoms with E-state index in [2.05, 4.69) is 17.4 Å². The first kappa shape index (κ1) is 28.1. The zero-order valence-electron chi connectivity index (χ0n) is 19.7. The number of nitrogens with zero attached hydrogens (tertiary/aromatic N) is 1. The molecule has 0 radical (unpaired) electrons. The predicted molar refractivity (Wildman–Crippen MR) is 132 cm³/mol. The van der Waals surface area contributed by atoms with Gasteiger partial charge in [0.25, 0.3) is 0 Å². The summed E-state index contributed by atoms with van der Waals surface area (Å²) in [5.74, 6) is 3.36. The number of pyridine rings is 1. The molecule has 1 aliphatic heterocycles. The number of aldehydes is 1. The van der Waals surface area contributed by atoms with Crippen molar-refractivity contribution in [2.24, 2.45) is 11.1 Å². The Balaban J connectivity index is 0.000000365. The molecule has 1 aromatic heterocycles. The summed E-state index contributed by atoms with van der Waals surface area (Å²) < 4.78 is 0. The van der Waals surface area contributed by atoms with Crippen LogP contribution in [0.3, 0.4) is 0 Å². The topological polar surface area (TPSA) is 92.8 Å². The molecule has 1 fully saturated rings. The average molecular weight is 453 g/mol. The lowest BCUT2D eigenvalue weighted by molar-refractivity contribution is -0.579. The van der Waals surface area contributed by atoms with Gasteiger partial charge in [-0.25, -0.2) is 4.98 Å². The summed E-state index contributed by atoms with van der Waals surface area (Å²) in [5, 5.41) is 14.7. The van der Waals surface area contributed by atoms with Gasteiger partial charge in [-0.2, -0.15) is 0 Å². The third-order valence-corrected chi connectivity index (χ3v) is 6.78. The highest BCUT2D eigenvalue weighted by Crippen LogP contribution is 2.25. The van der Waals surface area contributed by atoms with Crippen molar-refractivity contribution in [3.63, 3.8) is 0 Å². The van der Waals surface area contributed by atoms with Crippen LogP contribution in [0.4, 0.5) is 5.82 Å². The summed E-state index contributed by atoms with van der Waals surface area (Å²) in [6.45, 7) is 1.18. The summed E-state index contributed by atoms with van der Waals surface area (Å²) in [7, 11) is 1.00. The quantitative estimate of drug-likeness (QED) is 0.261. The molecule has 6 heteroatoms. The first-order valence-corrected chi connectivity index (χ1v) is 13.4. The molecule has 0 amide bonds. The Labute approximate surface area is 194 Å². The second-order valence-electron chi connectivity index (χ2n) is 8.61. The maximum Gasteiger partial charge on any atom is 0.227 e. The summed E-state index contributed by atoms with van der Waals surface area (Å²) >= 11 is 1.51. The highest BCUT2D eigenvalue weighted by atomic mass is 32.2. The fraction of sp³-hybridized carbons (Fsp3) is 0.760. The van der Waals surface area contributed by atoms with Crippen molar-refractivity contribution in [2.75, 3.05) is 19.4 Å². The van der Waals surface area contributed by atoms with Crippen LogP contribution >= 0.6 is 11.9 Å². The highest BCUT2D eigenvalue weighted by molar-refractivity contribution is 7.97. The minimum Gasteiger partial charge on any atom is -0.400 e. The van der Waals surface area contributed by atoms with Gasteiger partial charge in [-0.3, -0.25) is 10.5 Å². The number of nitrogens with two attached hydrogens (primary N) is 2. The molecule has 0 atom stereocenters. The molecule has 5 N–H and O–H groups in total. The smallest absolute Gasteiger partial charge is 0.227 e. The largest absolute Gasteiger partial charge is 0.400 e. The fourth-order valence-corrected chi connectivity index (χ4v) is 4.94. The van der Waals surface area contributed by atoms with Crippen LogP contribution in [0.25, 0.3) is 0 Å². The van der Waals surface area contributed by atoms with Crippen molar-refractivity contribution >= 4 is 24.1 Å². The monoisotopic (exact) mass is 452 g/mol. The zero-order valence-corrected chi connectivity index (χ0v) is 20.5. The molecule has 0 aromatic carbocycles. The van der Waals surface area contributed by atoms with E-state index in [0.717, 1.165) is 38.6 Å². The maximum absolute atomic E-state index is 10.2. The lowest BCUT2D eigenvalue weighted by atomic mass is 9.91. The third-order valence-electron chi connectivity index (χ3n) is 6.12. The van der Waals surface area contributed by atoms with Crippen LogP contribution in [0, 0.1) is 5.92 Å². The fourth-order valence-electron chi connectivity index (χ4n) is 4.34. The molecule has 2 heterocycles. The molecule has 178 valence electrons. The maximum atomic E-state index is 10.2. The summed E-state index contributed by atoms with van der Waals surface area (Å²) in [6, 6.07) is 4.48. The second-order valence-corrected chi connectivity index (χ2v) is 9.27. The number of hydrogen-bond donors (Lipinski definition) is 3. The lowest BCUT2D eigenvalue weighted by Gasteiger charge is -2.19. The highest BCUT2D eigenvalue weighted by Gasteiger charge is 2.14. The minimum absolute atomic E-state index is 0.732. The van der Waals surface area contributed by atoms with Crippen molar-refractivity contribution in [1.82, 2.24) is 4.98 Å². The number of aliphatic hydroxyl groups excluding tert-OH is 1. The molecule has 5 nitrogen and oxygen atoms in total. The van der Waals surface area contributed by atoms with Crippen molar-refractivity contribution in [3.8, 4) is 0 Å². The van der Waals surface area contributed by atoms with Crippen molar-refractivity contribution in [1.29, 1.82) is 0 Å². The molecule has 3 rings (SSSR count). The summed E-state index contributed by atoms with van der Waals surface area (Å²) in [4.78, 5) is 15.0. The molecule has 1 aromatic rings. The number of aryl methyl sites for hydroxylation is 2. The van der Waals surface area contributed by atoms with Gasteiger partial charge < -0.3 is 9.90 Å². The van der Waals surface area contributed by atoms with Crippen LogP contribution < -0.4 is 10.5 Å². The van der Waals surface area contributed by atoms with Crippen LogP contribution in [-0.2, 0) is 17.6 Å². The third kappa shape index (κ3) is 13.3. The van der Waals surface area contributed by atoms with E-state index in [9.17, 15) is 4.79 Å². The van der Waals surface area contributed by atoms with Gasteiger partial charge in [0.2, 0.25) is 5.82 Å². The van der Waals surface area contributed by atoms with Gasteiger partial charge in [-0.05, 0) is 56.6 Å². The number of carbonyl (C=O) groups is 1. The van der Waals surface area contributed by atoms with Crippen molar-refractivity contribution in [2.45, 2.75) is 96.3 Å². The number of unbranched alkanes of at least 4 members (excludes halogenated alkanes) is 6. The predicted octanol–water partition coefficient (Wildman–Crippen LogP) is 4.48. The number of rotatable bonds is 11. The standard InChI is InChI=1S/C17H26N2O.C7H15NS.CH4O/c20-14-7-5-3-1-2-4-6-10-16-12-11-15-9-8-13-18-17(15)19-16;8-9-6-7-4-2-1-3-5-7;1-2/h11-12,14H,1-10,13H2,(H,18,19);7H,1-6,8H2;2H,1H3/p+1. The van der Waals surface area contributed by atoms with E-state index in [4.69, 9.17) is 15.2 Å². The summed E-state index contributed by atoms with van der Waals surface area (Å²) in [6.07, 6.45) is 19.8. The van der Waals surface area contributed by atoms with Crippen LogP contribution in [0.2, 0.25) is 0 Å². The van der Waals surface area contributed by atoms with E-state index in [1.807, 2.05) is 0 Å². The van der Waals surface area contributed by atoms with E-state index in [1.54, 1.807) is 0 Å². The van der Waals surface area contributed by atoms with Gasteiger partial charge in [-0.15, -0.1) is 0 Å². The number of hydrogen-bond acceptors (Lipinski definition) is 5. The molecule has 31 heavy (non-hydrogen) atoms. The molecule has 0 unspecified atom stereocenters. The van der Waals surface area contributed by atoms with Crippen molar-refractivity contribution < 1.29 is 15.2 Å². The SMILES string of the molecule is CO.NSCC1CCCCC1.O=CCCCCCCCCc1ccc2c(n1)[NH2+]CCC2. The Morgan fingerprint density at radius 1 is 1.06 bits per heavy atom. The molecule has 1 saturated carbocycles. The van der Waals surface area contributed by atoms with E-state index in [0.29, 0.717) is 0 Å². The summed E-state index contributed by atoms with van der Waals surface area (Å²) in [5.41, 5.74) is 2.68. The Morgan fingerprint density at radius 2 is 1.77 bits per heavy atom.